The van der Waals surface area contributed by atoms with Crippen LogP contribution < -0.4 is 10.2 Å². The summed E-state index contributed by atoms with van der Waals surface area (Å²) in [5, 5.41) is 30.0. The van der Waals surface area contributed by atoms with Gasteiger partial charge in [-0.3, -0.25) is 5.10 Å². The van der Waals surface area contributed by atoms with Crippen molar-refractivity contribution in [2.75, 3.05) is 30.0 Å². The molecule has 2 aliphatic rings. The molecule has 0 amide bonds. The lowest BCUT2D eigenvalue weighted by atomic mass is 9.74. The number of nitrogens with zero attached hydrogens (tertiary/aromatic N) is 3. The maximum absolute atomic E-state index is 11.7. The number of anilines is 3. The van der Waals surface area contributed by atoms with Crippen LogP contribution in [0.1, 0.15) is 50.7 Å². The minimum absolute atomic E-state index is 0.171. The molecular weight excluding hydrogens is 392 g/mol. The largest absolute Gasteiger partial charge is 0.385 e. The summed E-state index contributed by atoms with van der Waals surface area (Å²) in [6.07, 6.45) is 5.83. The molecule has 1 saturated heterocycles. The van der Waals surface area contributed by atoms with Crippen LogP contribution in [-0.2, 0) is 10.3 Å². The molecule has 8 heteroatoms. The zero-order valence-corrected chi connectivity index (χ0v) is 18.1. The predicted molar refractivity (Wildman–Crippen MR) is 121 cm³/mol. The van der Waals surface area contributed by atoms with Gasteiger partial charge >= 0.3 is 0 Å². The molecule has 0 spiro atoms. The van der Waals surface area contributed by atoms with E-state index < -0.39 is 5.60 Å². The molecule has 1 aliphatic heterocycles. The van der Waals surface area contributed by atoms with Gasteiger partial charge in [-0.25, -0.2) is 4.98 Å². The first-order valence-electron chi connectivity index (χ1n) is 10.9. The third-order valence-electron chi connectivity index (χ3n) is 6.27. The second-order valence-corrected chi connectivity index (χ2v) is 8.35. The van der Waals surface area contributed by atoms with Crippen molar-refractivity contribution in [3.8, 4) is 11.8 Å². The topological polar surface area (TPSA) is 110 Å². The summed E-state index contributed by atoms with van der Waals surface area (Å²) in [6.45, 7) is 5.97. The molecule has 0 radical (unpaired) electrons. The van der Waals surface area contributed by atoms with Crippen LogP contribution in [0.25, 0.3) is 0 Å². The van der Waals surface area contributed by atoms with Gasteiger partial charge in [0.1, 0.15) is 17.5 Å². The summed E-state index contributed by atoms with van der Waals surface area (Å²) in [5.41, 5.74) is 0.328. The number of H-pyrrole nitrogens is 1. The molecular formula is C23H30N6O2. The van der Waals surface area contributed by atoms with E-state index >= 15 is 0 Å². The molecule has 0 bridgehead atoms. The zero-order valence-electron chi connectivity index (χ0n) is 18.1. The minimum atomic E-state index is -1.02. The summed E-state index contributed by atoms with van der Waals surface area (Å²) in [5.74, 6) is 8.57. The molecule has 164 valence electrons. The second-order valence-electron chi connectivity index (χ2n) is 8.35. The summed E-state index contributed by atoms with van der Waals surface area (Å²) >= 11 is 0. The van der Waals surface area contributed by atoms with E-state index in [-0.39, 0.29) is 6.04 Å². The number of rotatable bonds is 5. The number of hydrogen-bond acceptors (Lipinski definition) is 7. The van der Waals surface area contributed by atoms with E-state index in [1.165, 1.54) is 6.21 Å². The quantitative estimate of drug-likeness (QED) is 0.435. The lowest BCUT2D eigenvalue weighted by Gasteiger charge is -2.38. The molecule has 1 aliphatic carbocycles. The number of morpholine rings is 1. The third kappa shape index (κ3) is 4.43. The van der Waals surface area contributed by atoms with Crippen LogP contribution in [0.3, 0.4) is 0 Å². The normalized spacial score (nSPS) is 26.1. The van der Waals surface area contributed by atoms with Crippen LogP contribution in [0.4, 0.5) is 17.5 Å². The van der Waals surface area contributed by atoms with Crippen molar-refractivity contribution in [3.05, 3.63) is 29.5 Å². The van der Waals surface area contributed by atoms with Crippen molar-refractivity contribution < 1.29 is 9.84 Å². The van der Waals surface area contributed by atoms with Gasteiger partial charge in [-0.2, -0.15) is 5.10 Å². The van der Waals surface area contributed by atoms with Gasteiger partial charge in [0, 0.05) is 30.3 Å². The van der Waals surface area contributed by atoms with Crippen molar-refractivity contribution in [1.29, 1.82) is 5.41 Å². The van der Waals surface area contributed by atoms with E-state index in [1.807, 2.05) is 19.1 Å². The van der Waals surface area contributed by atoms with Crippen LogP contribution in [0.5, 0.6) is 0 Å². The minimum Gasteiger partial charge on any atom is -0.385 e. The highest BCUT2D eigenvalue weighted by atomic mass is 16.5. The summed E-state index contributed by atoms with van der Waals surface area (Å²) < 4.78 is 5.60. The fourth-order valence-corrected chi connectivity index (χ4v) is 4.55. The molecule has 8 nitrogen and oxygen atoms in total. The number of nitrogens with one attached hydrogen (secondary N) is 3. The van der Waals surface area contributed by atoms with Gasteiger partial charge in [0.2, 0.25) is 0 Å². The predicted octanol–water partition coefficient (Wildman–Crippen LogP) is 3.17. The first-order chi connectivity index (χ1) is 15.0. The van der Waals surface area contributed by atoms with Crippen molar-refractivity contribution in [3.63, 3.8) is 0 Å². The van der Waals surface area contributed by atoms with E-state index in [2.05, 4.69) is 39.2 Å². The number of hydrogen-bond donors (Lipinski definition) is 4. The van der Waals surface area contributed by atoms with Gasteiger partial charge in [-0.1, -0.05) is 0 Å². The maximum atomic E-state index is 11.7. The number of aliphatic hydroxyl groups is 1. The number of aromatic nitrogens is 3. The first-order valence-corrected chi connectivity index (χ1v) is 10.9. The zero-order chi connectivity index (χ0) is 21.8. The van der Waals surface area contributed by atoms with Gasteiger partial charge in [-0.15, -0.1) is 11.8 Å². The van der Waals surface area contributed by atoms with Crippen LogP contribution in [0.15, 0.2) is 18.3 Å². The smallest absolute Gasteiger partial charge is 0.143 e. The molecule has 2 fully saturated rings. The fraction of sp³-hybridized carbons (Fsp3) is 0.522. The highest BCUT2D eigenvalue weighted by Gasteiger charge is 2.38. The molecule has 2 aromatic rings. The highest BCUT2D eigenvalue weighted by molar-refractivity contribution is 5.89. The standard InChI is InChI=1S/C23H30N6O2/c1-3-4-17-5-8-23(30,9-6-17)19-13-21(29-11-12-31-15-16(29)2)27-22(18(19)14-24)26-20-7-10-25-28-20/h7,10,13-14,16-17,24,30H,5-6,8-9,11-12,15H2,1-2H3,(H2,25,26,27,28)/t16-,17?,23?/m1/s1. The van der Waals surface area contributed by atoms with Gasteiger partial charge in [0.05, 0.1) is 31.1 Å². The molecule has 1 atom stereocenters. The van der Waals surface area contributed by atoms with Crippen molar-refractivity contribution in [2.45, 2.75) is 51.2 Å². The van der Waals surface area contributed by atoms with Crippen LogP contribution in [0.2, 0.25) is 0 Å². The third-order valence-corrected chi connectivity index (χ3v) is 6.27. The second kappa shape index (κ2) is 9.08. The summed E-state index contributed by atoms with van der Waals surface area (Å²) in [7, 11) is 0. The molecule has 2 aromatic heterocycles. The van der Waals surface area contributed by atoms with Crippen LogP contribution >= 0.6 is 0 Å². The highest BCUT2D eigenvalue weighted by Crippen LogP contribution is 2.43. The van der Waals surface area contributed by atoms with Gasteiger partial charge in [0.25, 0.3) is 0 Å². The fourth-order valence-electron chi connectivity index (χ4n) is 4.55. The Bertz CT molecular complexity index is 970. The number of pyridine rings is 1. The SMILES string of the molecule is CC#CC1CCC(O)(c2cc(N3CCOC[C@H]3C)nc(Nc3ccn[nH]3)c2C=N)CC1. The summed E-state index contributed by atoms with van der Waals surface area (Å²) in [4.78, 5) is 7.06. The molecule has 3 heterocycles. The van der Waals surface area contributed by atoms with E-state index in [9.17, 15) is 5.11 Å². The Balaban J connectivity index is 1.77. The summed E-state index contributed by atoms with van der Waals surface area (Å²) in [6, 6.07) is 3.94. The van der Waals surface area contributed by atoms with Crippen molar-refractivity contribution in [1.82, 2.24) is 15.2 Å². The van der Waals surface area contributed by atoms with Crippen molar-refractivity contribution >= 4 is 23.7 Å². The Kier molecular flexibility index (Phi) is 6.25. The van der Waals surface area contributed by atoms with Crippen LogP contribution in [0, 0.1) is 23.2 Å². The Morgan fingerprint density at radius 1 is 1.42 bits per heavy atom. The Morgan fingerprint density at radius 3 is 2.87 bits per heavy atom. The molecule has 0 aromatic carbocycles. The van der Waals surface area contributed by atoms with Crippen molar-refractivity contribution in [2.24, 2.45) is 5.92 Å². The van der Waals surface area contributed by atoms with E-state index in [0.29, 0.717) is 49.2 Å². The average Bonchev–Trinajstić information content (AvgIpc) is 3.28. The molecule has 0 unspecified atom stereocenters. The lowest BCUT2D eigenvalue weighted by Crippen LogP contribution is -2.44. The Hall–Kier alpha value is -2.89. The molecule has 31 heavy (non-hydrogen) atoms. The first kappa shape index (κ1) is 21.3. The van der Waals surface area contributed by atoms with E-state index in [4.69, 9.17) is 15.1 Å². The van der Waals surface area contributed by atoms with Gasteiger partial charge in [-0.05, 0) is 51.2 Å². The van der Waals surface area contributed by atoms with Crippen LogP contribution in [-0.4, -0.2) is 52.3 Å². The number of aromatic amines is 1. The maximum Gasteiger partial charge on any atom is 0.143 e. The molecule has 1 saturated carbocycles. The van der Waals surface area contributed by atoms with E-state index in [0.717, 1.165) is 30.8 Å². The van der Waals surface area contributed by atoms with E-state index in [1.54, 1.807) is 6.20 Å². The molecule has 4 rings (SSSR count). The lowest BCUT2D eigenvalue weighted by molar-refractivity contribution is -0.00803. The van der Waals surface area contributed by atoms with Gasteiger partial charge < -0.3 is 25.5 Å². The Morgan fingerprint density at radius 2 is 2.23 bits per heavy atom. The Labute approximate surface area is 182 Å². The number of ether oxygens (including phenoxy) is 1. The van der Waals surface area contributed by atoms with Gasteiger partial charge in [0.15, 0.2) is 0 Å². The monoisotopic (exact) mass is 422 g/mol. The average molecular weight is 423 g/mol. The molecule has 4 N–H and O–H groups in total.